The summed E-state index contributed by atoms with van der Waals surface area (Å²) in [5.41, 5.74) is 10.3. The molecule has 0 spiro atoms. The Balaban J connectivity index is 0.000000441. The zero-order chi connectivity index (χ0) is 15.1. The smallest absolute Gasteiger partial charge is 0.104 e. The van der Waals surface area contributed by atoms with Gasteiger partial charge in [0.2, 0.25) is 0 Å². The molecule has 0 amide bonds. The highest BCUT2D eigenvalue weighted by Gasteiger charge is 1.85. The van der Waals surface area contributed by atoms with Crippen molar-refractivity contribution in [2.45, 2.75) is 52.9 Å². The first-order chi connectivity index (χ1) is 9.74. The molecule has 0 radical (unpaired) electrons. The minimum absolute atomic E-state index is 0.927. The van der Waals surface area contributed by atoms with Crippen LogP contribution in [0.1, 0.15) is 51.5 Å². The van der Waals surface area contributed by atoms with Gasteiger partial charge in [0, 0.05) is 7.05 Å². The molecule has 3 N–H and O–H groups in total. The number of benzene rings is 1. The molecule has 0 heterocycles. The maximum Gasteiger partial charge on any atom is 0.104 e. The quantitative estimate of drug-likeness (QED) is 0.293. The molecule has 0 atom stereocenters. The van der Waals surface area contributed by atoms with Crippen LogP contribution in [0.2, 0.25) is 0 Å². The Morgan fingerprint density at radius 3 is 2.10 bits per heavy atom. The predicted molar refractivity (Wildman–Crippen MR) is 89.1 cm³/mol. The number of unbranched alkanes of at least 4 members (excludes halogenated alkanes) is 4. The highest BCUT2D eigenvalue weighted by molar-refractivity contribution is 5.60. The molecule has 114 valence electrons. The van der Waals surface area contributed by atoms with Crippen molar-refractivity contribution < 1.29 is 0 Å². The Morgan fingerprint density at radius 2 is 1.60 bits per heavy atom. The van der Waals surface area contributed by atoms with E-state index in [0.29, 0.717) is 0 Å². The number of rotatable bonds is 8. The molecule has 0 aliphatic carbocycles. The van der Waals surface area contributed by atoms with E-state index in [1.165, 1.54) is 37.7 Å². The van der Waals surface area contributed by atoms with Crippen LogP contribution in [-0.4, -0.2) is 13.4 Å². The monoisotopic (exact) mass is 278 g/mol. The van der Waals surface area contributed by atoms with E-state index in [4.69, 9.17) is 0 Å². The van der Waals surface area contributed by atoms with Crippen LogP contribution >= 0.6 is 0 Å². The second-order valence-corrected chi connectivity index (χ2v) is 4.67. The fourth-order valence-corrected chi connectivity index (χ4v) is 1.52. The molecule has 0 bridgehead atoms. The van der Waals surface area contributed by atoms with Gasteiger partial charge in [0.05, 0.1) is 5.69 Å². The molecule has 0 fully saturated rings. The van der Waals surface area contributed by atoms with E-state index >= 15 is 0 Å². The summed E-state index contributed by atoms with van der Waals surface area (Å²) in [6.07, 6.45) is 8.59. The van der Waals surface area contributed by atoms with Crippen LogP contribution < -0.4 is 16.4 Å². The number of nitrogens with one attached hydrogen (secondary N) is 3. The van der Waals surface area contributed by atoms with Gasteiger partial charge < -0.3 is 0 Å². The average Bonchev–Trinajstić information content (AvgIpc) is 2.47. The van der Waals surface area contributed by atoms with Gasteiger partial charge in [-0.15, -0.1) is 0 Å². The highest BCUT2D eigenvalue weighted by Crippen LogP contribution is 2.10. The largest absolute Gasteiger partial charge is 0.298 e. The number of hydrogen-bond donors (Lipinski definition) is 3. The number of hydrogen-bond acceptors (Lipinski definition) is 3. The van der Waals surface area contributed by atoms with Gasteiger partial charge in [-0.05, 0) is 19.1 Å². The first-order valence-electron chi connectivity index (χ1n) is 7.51. The molecule has 0 saturated heterocycles. The van der Waals surface area contributed by atoms with E-state index in [-0.39, 0.29) is 0 Å². The molecule has 0 saturated carbocycles. The highest BCUT2D eigenvalue weighted by atomic mass is 15.6. The Morgan fingerprint density at radius 1 is 1.00 bits per heavy atom. The third-order valence-electron chi connectivity index (χ3n) is 2.72. The summed E-state index contributed by atoms with van der Waals surface area (Å²) < 4.78 is 0. The Hall–Kier alpha value is -1.39. The van der Waals surface area contributed by atoms with Crippen LogP contribution in [0.5, 0.6) is 0 Å². The number of aliphatic imine (C=N–C) groups is 1. The van der Waals surface area contributed by atoms with Gasteiger partial charge in [0.25, 0.3) is 0 Å². The van der Waals surface area contributed by atoms with Gasteiger partial charge >= 0.3 is 0 Å². The Labute approximate surface area is 124 Å². The maximum absolute atomic E-state index is 4.15. The van der Waals surface area contributed by atoms with Crippen molar-refractivity contribution in [2.24, 2.45) is 4.99 Å². The Bertz CT molecular complexity index is 329. The van der Waals surface area contributed by atoms with Crippen molar-refractivity contribution in [2.75, 3.05) is 7.05 Å². The van der Waals surface area contributed by atoms with Crippen molar-refractivity contribution in [3.63, 3.8) is 0 Å². The van der Waals surface area contributed by atoms with E-state index in [1.807, 2.05) is 31.2 Å². The zero-order valence-electron chi connectivity index (χ0n) is 13.4. The van der Waals surface area contributed by atoms with Crippen LogP contribution in [0.4, 0.5) is 5.69 Å². The summed E-state index contributed by atoms with van der Waals surface area (Å²) in [5.74, 6) is 0. The lowest BCUT2D eigenvalue weighted by atomic mass is 10.2. The van der Waals surface area contributed by atoms with Crippen LogP contribution in [0.15, 0.2) is 29.3 Å². The maximum atomic E-state index is 4.15. The standard InChI is InChI=1S/C9H14N4.C7H16/c1-8-3-5-9(6-4-8)11-7-12-13-10-2;1-3-5-7-6-4-2/h3-7,10,13H,1-2H3,(H,11,12);3-7H2,1-2H3. The lowest BCUT2D eigenvalue weighted by Crippen LogP contribution is -2.39. The number of hydrazine groups is 2. The SMILES string of the molecule is CCCCCCC.CNNNC=Nc1ccc(C)cc1. The van der Waals surface area contributed by atoms with Crippen LogP contribution in [0.25, 0.3) is 0 Å². The van der Waals surface area contributed by atoms with E-state index in [9.17, 15) is 0 Å². The molecule has 1 aromatic rings. The van der Waals surface area contributed by atoms with Crippen LogP contribution in [0, 0.1) is 6.92 Å². The molecular formula is C16H30N4. The number of aryl methyl sites for hydroxylation is 1. The molecule has 0 aliphatic heterocycles. The summed E-state index contributed by atoms with van der Waals surface area (Å²) in [7, 11) is 1.77. The van der Waals surface area contributed by atoms with Crippen molar-refractivity contribution >= 4 is 12.0 Å². The van der Waals surface area contributed by atoms with Gasteiger partial charge in [-0.3, -0.25) is 5.43 Å². The summed E-state index contributed by atoms with van der Waals surface area (Å²) in [5, 5.41) is 0. The van der Waals surface area contributed by atoms with E-state index in [0.717, 1.165) is 5.69 Å². The third kappa shape index (κ3) is 11.7. The van der Waals surface area contributed by atoms with E-state index in [1.54, 1.807) is 13.4 Å². The normalized spacial score (nSPS) is 10.2. The van der Waals surface area contributed by atoms with Gasteiger partial charge in [-0.25, -0.2) is 10.4 Å². The third-order valence-corrected chi connectivity index (χ3v) is 2.72. The molecule has 0 aromatic heterocycles. The number of nitrogens with zero attached hydrogens (tertiary/aromatic N) is 1. The van der Waals surface area contributed by atoms with Gasteiger partial charge in [0.15, 0.2) is 0 Å². The molecule has 4 heteroatoms. The van der Waals surface area contributed by atoms with Crippen molar-refractivity contribution in [1.29, 1.82) is 0 Å². The lowest BCUT2D eigenvalue weighted by molar-refractivity contribution is 0.568. The predicted octanol–water partition coefficient (Wildman–Crippen LogP) is 3.86. The fourth-order valence-electron chi connectivity index (χ4n) is 1.52. The zero-order valence-corrected chi connectivity index (χ0v) is 13.4. The molecule has 20 heavy (non-hydrogen) atoms. The second kappa shape index (κ2) is 14.0. The minimum atomic E-state index is 0.927. The van der Waals surface area contributed by atoms with Gasteiger partial charge in [-0.1, -0.05) is 63.6 Å². The topological polar surface area (TPSA) is 48.4 Å². The summed E-state index contributed by atoms with van der Waals surface area (Å²) in [4.78, 5) is 4.15. The average molecular weight is 278 g/mol. The first kappa shape index (κ1) is 18.6. The minimum Gasteiger partial charge on any atom is -0.298 e. The summed E-state index contributed by atoms with van der Waals surface area (Å²) in [6, 6.07) is 7.98. The van der Waals surface area contributed by atoms with Crippen molar-refractivity contribution in [3.8, 4) is 0 Å². The van der Waals surface area contributed by atoms with Crippen LogP contribution in [0.3, 0.4) is 0 Å². The van der Waals surface area contributed by atoms with E-state index in [2.05, 4.69) is 35.2 Å². The first-order valence-corrected chi connectivity index (χ1v) is 7.51. The molecule has 1 aromatic carbocycles. The molecule has 4 nitrogen and oxygen atoms in total. The fraction of sp³-hybridized carbons (Fsp3) is 0.562. The molecule has 0 unspecified atom stereocenters. The van der Waals surface area contributed by atoms with Gasteiger partial charge in [-0.2, -0.15) is 5.53 Å². The molecular weight excluding hydrogens is 248 g/mol. The van der Waals surface area contributed by atoms with Crippen molar-refractivity contribution in [1.82, 2.24) is 16.4 Å². The summed E-state index contributed by atoms with van der Waals surface area (Å²) in [6.45, 7) is 6.54. The van der Waals surface area contributed by atoms with E-state index < -0.39 is 0 Å². The lowest BCUT2D eigenvalue weighted by Gasteiger charge is -1.99. The second-order valence-electron chi connectivity index (χ2n) is 4.67. The van der Waals surface area contributed by atoms with Crippen LogP contribution in [-0.2, 0) is 0 Å². The Kier molecular flexibility index (Phi) is 13.1. The summed E-state index contributed by atoms with van der Waals surface area (Å²) >= 11 is 0. The molecule has 1 rings (SSSR count). The molecule has 0 aliphatic rings. The van der Waals surface area contributed by atoms with Gasteiger partial charge in [0.1, 0.15) is 6.34 Å². The van der Waals surface area contributed by atoms with Crippen molar-refractivity contribution in [3.05, 3.63) is 29.8 Å².